The summed E-state index contributed by atoms with van der Waals surface area (Å²) in [6.07, 6.45) is 0.775. The molecule has 0 aliphatic carbocycles. The lowest BCUT2D eigenvalue weighted by Gasteiger charge is -2.43. The number of fused-ring (bicyclic) bond motifs is 1. The first-order chi connectivity index (χ1) is 13.0. The Labute approximate surface area is 155 Å². The average Bonchev–Trinajstić information content (AvgIpc) is 2.59. The van der Waals surface area contributed by atoms with Crippen molar-refractivity contribution in [3.05, 3.63) is 48.0 Å². The van der Waals surface area contributed by atoms with Crippen LogP contribution in [0.1, 0.15) is 5.56 Å². The predicted molar refractivity (Wildman–Crippen MR) is 94.2 cm³/mol. The molecule has 1 atom stereocenters. The number of rotatable bonds is 5. The molecule has 4 rings (SSSR count). The summed E-state index contributed by atoms with van der Waals surface area (Å²) < 4.78 is 35.8. The highest BCUT2D eigenvalue weighted by molar-refractivity contribution is 5.73. The van der Waals surface area contributed by atoms with Gasteiger partial charge in [0.05, 0.1) is 5.92 Å². The van der Waals surface area contributed by atoms with Crippen LogP contribution in [-0.2, 0) is 11.2 Å². The summed E-state index contributed by atoms with van der Waals surface area (Å²) in [4.78, 5) is 13.1. The van der Waals surface area contributed by atoms with Gasteiger partial charge in [0.25, 0.3) is 0 Å². The fraction of sp³-hybridized carbons (Fsp3) is 0.350. The fourth-order valence-corrected chi connectivity index (χ4v) is 3.63. The number of para-hydroxylation sites is 1. The van der Waals surface area contributed by atoms with E-state index in [0.717, 1.165) is 23.3 Å². The summed E-state index contributed by atoms with van der Waals surface area (Å²) in [5.41, 5.74) is 2.36. The molecule has 0 aromatic heterocycles. The Balaban J connectivity index is 1.51. The maximum atomic E-state index is 12.6. The van der Waals surface area contributed by atoms with Crippen molar-refractivity contribution in [3.63, 3.8) is 0 Å². The molecule has 0 bridgehead atoms. The van der Waals surface area contributed by atoms with Crippen LogP contribution in [0.3, 0.4) is 0 Å². The number of carboxylic acid groups (broad SMARTS) is 1. The average molecular weight is 375 g/mol. The predicted octanol–water partition coefficient (Wildman–Crippen LogP) is 3.27. The minimum absolute atomic E-state index is 0.126. The summed E-state index contributed by atoms with van der Waals surface area (Å²) in [7, 11) is 0. The molecule has 2 heterocycles. The lowest BCUT2D eigenvalue weighted by molar-refractivity contribution is -0.149. The number of aliphatic carboxylic acids is 1. The van der Waals surface area contributed by atoms with Gasteiger partial charge in [-0.3, -0.25) is 9.69 Å². The zero-order chi connectivity index (χ0) is 19.0. The van der Waals surface area contributed by atoms with Crippen molar-refractivity contribution in [2.24, 2.45) is 5.92 Å². The second-order valence-electron chi connectivity index (χ2n) is 6.86. The van der Waals surface area contributed by atoms with E-state index in [1.807, 2.05) is 18.2 Å². The summed E-state index contributed by atoms with van der Waals surface area (Å²) in [6.45, 7) is -1.30. The van der Waals surface area contributed by atoms with Crippen molar-refractivity contribution in [1.29, 1.82) is 0 Å². The van der Waals surface area contributed by atoms with Crippen LogP contribution >= 0.6 is 0 Å². The van der Waals surface area contributed by atoms with Gasteiger partial charge in [0.15, 0.2) is 0 Å². The van der Waals surface area contributed by atoms with E-state index in [4.69, 9.17) is 9.84 Å². The summed E-state index contributed by atoms with van der Waals surface area (Å²) in [5.74, 6) is -0.190. The number of benzene rings is 2. The number of ether oxygens (including phenoxy) is 2. The molecular formula is C20H19F2NO4. The molecule has 27 heavy (non-hydrogen) atoms. The molecule has 0 radical (unpaired) electrons. The van der Waals surface area contributed by atoms with E-state index in [1.54, 1.807) is 18.2 Å². The Morgan fingerprint density at radius 2 is 2.00 bits per heavy atom. The third-order valence-corrected chi connectivity index (χ3v) is 5.14. The van der Waals surface area contributed by atoms with E-state index < -0.39 is 12.6 Å². The molecule has 0 amide bonds. The van der Waals surface area contributed by atoms with Gasteiger partial charge in [0, 0.05) is 24.7 Å². The van der Waals surface area contributed by atoms with Crippen LogP contribution in [0.25, 0.3) is 11.1 Å². The van der Waals surface area contributed by atoms with Gasteiger partial charge in [-0.1, -0.05) is 30.3 Å². The van der Waals surface area contributed by atoms with Crippen LogP contribution < -0.4 is 9.47 Å². The standard InChI is InChI=1S/C20H19F2NO4/c21-20(22)27-17-4-2-1-3-16(17)12-5-6-13-7-15(11-26-18(13)8-12)23-9-14(10-23)19(24)25/h1-6,8,14-15,20H,7,9-11H2,(H,24,25). The Morgan fingerprint density at radius 1 is 1.22 bits per heavy atom. The summed E-state index contributed by atoms with van der Waals surface area (Å²) >= 11 is 0. The third kappa shape index (κ3) is 3.60. The van der Waals surface area contributed by atoms with Crippen LogP contribution in [0.4, 0.5) is 8.78 Å². The number of carbonyl (C=O) groups is 1. The van der Waals surface area contributed by atoms with Crippen molar-refractivity contribution in [2.75, 3.05) is 19.7 Å². The van der Waals surface area contributed by atoms with Gasteiger partial charge in [-0.25, -0.2) is 0 Å². The minimum Gasteiger partial charge on any atom is -0.492 e. The van der Waals surface area contributed by atoms with E-state index in [0.29, 0.717) is 25.3 Å². The SMILES string of the molecule is O=C(O)C1CN(C2COc3cc(-c4ccccc4OC(F)F)ccc3C2)C1. The molecule has 1 fully saturated rings. The zero-order valence-electron chi connectivity index (χ0n) is 14.5. The minimum atomic E-state index is -2.88. The highest BCUT2D eigenvalue weighted by Gasteiger charge is 2.38. The number of likely N-dealkylation sites (tertiary alicyclic amines) is 1. The van der Waals surface area contributed by atoms with Gasteiger partial charge in [-0.15, -0.1) is 0 Å². The zero-order valence-corrected chi connectivity index (χ0v) is 14.5. The van der Waals surface area contributed by atoms with Crippen molar-refractivity contribution in [2.45, 2.75) is 19.1 Å². The molecule has 2 aliphatic heterocycles. The molecule has 2 aliphatic rings. The van der Waals surface area contributed by atoms with E-state index in [1.165, 1.54) is 6.07 Å². The Bertz CT molecular complexity index is 852. The van der Waals surface area contributed by atoms with Gasteiger partial charge in [-0.05, 0) is 29.7 Å². The molecule has 7 heteroatoms. The molecule has 0 saturated carbocycles. The molecule has 1 unspecified atom stereocenters. The van der Waals surface area contributed by atoms with Gasteiger partial charge in [0.1, 0.15) is 18.1 Å². The smallest absolute Gasteiger partial charge is 0.387 e. The monoisotopic (exact) mass is 375 g/mol. The Morgan fingerprint density at radius 3 is 2.74 bits per heavy atom. The van der Waals surface area contributed by atoms with Crippen LogP contribution in [0.5, 0.6) is 11.5 Å². The van der Waals surface area contributed by atoms with Gasteiger partial charge < -0.3 is 14.6 Å². The first-order valence-corrected chi connectivity index (χ1v) is 8.78. The number of carboxylic acids is 1. The largest absolute Gasteiger partial charge is 0.492 e. The van der Waals surface area contributed by atoms with Crippen LogP contribution in [0.15, 0.2) is 42.5 Å². The van der Waals surface area contributed by atoms with E-state index in [9.17, 15) is 13.6 Å². The number of alkyl halides is 2. The quantitative estimate of drug-likeness (QED) is 0.869. The number of nitrogens with zero attached hydrogens (tertiary/aromatic N) is 1. The molecular weight excluding hydrogens is 356 g/mol. The van der Waals surface area contributed by atoms with Crippen molar-refractivity contribution in [3.8, 4) is 22.6 Å². The van der Waals surface area contributed by atoms with Gasteiger partial charge in [-0.2, -0.15) is 8.78 Å². The number of hydrogen-bond donors (Lipinski definition) is 1. The molecule has 2 aromatic rings. The lowest BCUT2D eigenvalue weighted by atomic mass is 9.92. The summed E-state index contributed by atoms with van der Waals surface area (Å²) in [5, 5.41) is 9.01. The van der Waals surface area contributed by atoms with Crippen molar-refractivity contribution >= 4 is 5.97 Å². The first kappa shape index (κ1) is 17.7. The number of halogens is 2. The van der Waals surface area contributed by atoms with Gasteiger partial charge >= 0.3 is 12.6 Å². The maximum Gasteiger partial charge on any atom is 0.387 e. The van der Waals surface area contributed by atoms with Crippen LogP contribution in [-0.4, -0.2) is 48.3 Å². The highest BCUT2D eigenvalue weighted by atomic mass is 19.3. The number of hydrogen-bond acceptors (Lipinski definition) is 4. The first-order valence-electron chi connectivity index (χ1n) is 8.78. The fourth-order valence-electron chi connectivity index (χ4n) is 3.63. The highest BCUT2D eigenvalue weighted by Crippen LogP contribution is 2.36. The molecule has 5 nitrogen and oxygen atoms in total. The second-order valence-corrected chi connectivity index (χ2v) is 6.86. The Hall–Kier alpha value is -2.67. The second kappa shape index (κ2) is 7.15. The van der Waals surface area contributed by atoms with E-state index >= 15 is 0 Å². The van der Waals surface area contributed by atoms with Crippen molar-refractivity contribution < 1.29 is 28.2 Å². The Kier molecular flexibility index (Phi) is 4.70. The normalized spacial score (nSPS) is 19.9. The van der Waals surface area contributed by atoms with E-state index in [-0.39, 0.29) is 17.7 Å². The van der Waals surface area contributed by atoms with Gasteiger partial charge in [0.2, 0.25) is 0 Å². The summed E-state index contributed by atoms with van der Waals surface area (Å²) in [6, 6.07) is 12.5. The third-order valence-electron chi connectivity index (χ3n) is 5.14. The lowest BCUT2D eigenvalue weighted by Crippen LogP contribution is -2.57. The van der Waals surface area contributed by atoms with Crippen LogP contribution in [0.2, 0.25) is 0 Å². The topological polar surface area (TPSA) is 59.0 Å². The maximum absolute atomic E-state index is 12.6. The van der Waals surface area contributed by atoms with Crippen LogP contribution in [0, 0.1) is 5.92 Å². The molecule has 0 spiro atoms. The molecule has 1 saturated heterocycles. The van der Waals surface area contributed by atoms with E-state index in [2.05, 4.69) is 9.64 Å². The molecule has 1 N–H and O–H groups in total. The molecule has 2 aromatic carbocycles. The van der Waals surface area contributed by atoms with Crippen molar-refractivity contribution in [1.82, 2.24) is 4.90 Å². The molecule has 142 valence electrons.